The summed E-state index contributed by atoms with van der Waals surface area (Å²) in [7, 11) is 0. The van der Waals surface area contributed by atoms with Gasteiger partial charge in [-0.1, -0.05) is 92.3 Å². The Kier molecular flexibility index (Phi) is 10.7. The molecule has 0 radical (unpaired) electrons. The maximum atomic E-state index is 4.42. The lowest BCUT2D eigenvalue weighted by Crippen LogP contribution is -2.00. The van der Waals surface area contributed by atoms with Gasteiger partial charge in [0.25, 0.3) is 0 Å². The largest absolute Gasteiger partial charge is 0.264 e. The van der Waals surface area contributed by atoms with Gasteiger partial charge in [-0.3, -0.25) is 4.99 Å². The zero-order valence-corrected chi connectivity index (χ0v) is 22.2. The summed E-state index contributed by atoms with van der Waals surface area (Å²) >= 11 is 0. The molecular formula is C33H41N. The number of hydrogen-bond acceptors (Lipinski definition) is 1. The van der Waals surface area contributed by atoms with E-state index >= 15 is 0 Å². The van der Waals surface area contributed by atoms with Crippen LogP contribution >= 0.6 is 0 Å². The summed E-state index contributed by atoms with van der Waals surface area (Å²) in [5.41, 5.74) is 11.0. The molecule has 0 N–H and O–H groups in total. The van der Waals surface area contributed by atoms with E-state index in [4.69, 9.17) is 0 Å². The van der Waals surface area contributed by atoms with Crippen LogP contribution in [0.4, 0.5) is 0 Å². The van der Waals surface area contributed by atoms with Crippen molar-refractivity contribution in [1.29, 1.82) is 0 Å². The minimum atomic E-state index is 0.295. The standard InChI is InChI=1S/C33H41N/c1-9-14-26(12-4)27-16-18-28(19-17-27)33(34-8)23-29(15-10-2)30-20-21-32(25(7)22-30)31(13-5)24(6)11-3/h9,11-14,16-23,29H,8,10,15H2,1-7H3/b14-9-,24-11-,26-12+,31-13+,33-23-. The highest BCUT2D eigenvalue weighted by molar-refractivity contribution is 5.80. The van der Waals surface area contributed by atoms with Gasteiger partial charge in [-0.05, 0) is 99.2 Å². The van der Waals surface area contributed by atoms with Crippen LogP contribution in [0.15, 0.2) is 89.5 Å². The molecule has 0 aliphatic rings. The first-order valence-corrected chi connectivity index (χ1v) is 12.4. The van der Waals surface area contributed by atoms with Crippen molar-refractivity contribution in [2.45, 2.75) is 67.2 Å². The average Bonchev–Trinajstić information content (AvgIpc) is 2.86. The molecule has 178 valence electrons. The lowest BCUT2D eigenvalue weighted by Gasteiger charge is -2.18. The van der Waals surface area contributed by atoms with Crippen LogP contribution in [-0.2, 0) is 0 Å². The number of benzene rings is 2. The third kappa shape index (κ3) is 6.67. The van der Waals surface area contributed by atoms with Crippen molar-refractivity contribution in [2.24, 2.45) is 4.99 Å². The first-order chi connectivity index (χ1) is 16.4. The summed E-state index contributed by atoms with van der Waals surface area (Å²) in [6.45, 7) is 18.8. The summed E-state index contributed by atoms with van der Waals surface area (Å²) in [6.07, 6.45) is 15.2. The Bertz CT molecular complexity index is 1120. The van der Waals surface area contributed by atoms with Crippen LogP contribution in [-0.4, -0.2) is 6.72 Å². The van der Waals surface area contributed by atoms with Gasteiger partial charge in [0, 0.05) is 5.92 Å². The number of hydrogen-bond donors (Lipinski definition) is 0. The molecule has 0 aromatic heterocycles. The Morgan fingerprint density at radius 3 is 2.12 bits per heavy atom. The molecule has 1 unspecified atom stereocenters. The second-order valence-corrected chi connectivity index (χ2v) is 8.67. The maximum Gasteiger partial charge on any atom is 0.0661 e. The highest BCUT2D eigenvalue weighted by atomic mass is 14.7. The molecule has 0 aliphatic carbocycles. The Morgan fingerprint density at radius 1 is 0.941 bits per heavy atom. The van der Waals surface area contributed by atoms with E-state index in [9.17, 15) is 0 Å². The minimum absolute atomic E-state index is 0.295. The van der Waals surface area contributed by atoms with E-state index in [0.717, 1.165) is 24.1 Å². The van der Waals surface area contributed by atoms with Gasteiger partial charge in [-0.25, -0.2) is 0 Å². The molecule has 1 heteroatoms. The molecule has 0 saturated heterocycles. The fraction of sp³-hybridized carbons (Fsp3) is 0.303. The van der Waals surface area contributed by atoms with Crippen LogP contribution in [0, 0.1) is 6.92 Å². The van der Waals surface area contributed by atoms with Crippen molar-refractivity contribution in [2.75, 3.05) is 0 Å². The van der Waals surface area contributed by atoms with Gasteiger partial charge in [0.05, 0.1) is 5.70 Å². The zero-order valence-electron chi connectivity index (χ0n) is 22.2. The first kappa shape index (κ1) is 27.1. The van der Waals surface area contributed by atoms with Crippen LogP contribution < -0.4 is 0 Å². The average molecular weight is 452 g/mol. The van der Waals surface area contributed by atoms with Crippen LogP contribution in [0.25, 0.3) is 16.8 Å². The SMILES string of the molecule is C=N/C(=C\C(CCC)c1ccc(C(=C/C)/C(C)=C\C)c(C)c1)c1ccc(C(/C=C\C)=C/C)cc1. The fourth-order valence-electron chi connectivity index (χ4n) is 4.43. The molecule has 2 aromatic carbocycles. The topological polar surface area (TPSA) is 12.4 Å². The van der Waals surface area contributed by atoms with Crippen molar-refractivity contribution < 1.29 is 0 Å². The van der Waals surface area contributed by atoms with E-state index in [-0.39, 0.29) is 0 Å². The maximum absolute atomic E-state index is 4.42. The second kappa shape index (κ2) is 13.5. The monoisotopic (exact) mass is 451 g/mol. The quantitative estimate of drug-likeness (QED) is 0.252. The second-order valence-electron chi connectivity index (χ2n) is 8.67. The Labute approximate surface area is 208 Å². The summed E-state index contributed by atoms with van der Waals surface area (Å²) in [5.74, 6) is 0.295. The zero-order chi connectivity index (χ0) is 25.1. The lowest BCUT2D eigenvalue weighted by atomic mass is 9.87. The number of aryl methyl sites for hydroxylation is 1. The van der Waals surface area contributed by atoms with Crippen molar-refractivity contribution >= 4 is 23.6 Å². The van der Waals surface area contributed by atoms with Crippen LogP contribution in [0.1, 0.15) is 88.1 Å². The van der Waals surface area contributed by atoms with Crippen LogP contribution in [0.2, 0.25) is 0 Å². The van der Waals surface area contributed by atoms with Gasteiger partial charge in [0.2, 0.25) is 0 Å². The molecule has 2 aromatic rings. The molecule has 0 spiro atoms. The third-order valence-electron chi connectivity index (χ3n) is 6.42. The molecule has 0 bridgehead atoms. The number of allylic oxidation sites excluding steroid dienone is 9. The van der Waals surface area contributed by atoms with E-state index in [1.807, 2.05) is 6.92 Å². The molecule has 0 saturated carbocycles. The van der Waals surface area contributed by atoms with Gasteiger partial charge in [-0.2, -0.15) is 0 Å². The van der Waals surface area contributed by atoms with Gasteiger partial charge in [0.15, 0.2) is 0 Å². The van der Waals surface area contributed by atoms with Crippen molar-refractivity contribution in [3.05, 3.63) is 112 Å². The summed E-state index contributed by atoms with van der Waals surface area (Å²) in [5, 5.41) is 0. The number of rotatable bonds is 10. The molecule has 1 nitrogen and oxygen atoms in total. The Balaban J connectivity index is 2.44. The van der Waals surface area contributed by atoms with Gasteiger partial charge in [0.1, 0.15) is 0 Å². The molecule has 0 fully saturated rings. The molecule has 0 heterocycles. The van der Waals surface area contributed by atoms with E-state index in [0.29, 0.717) is 5.92 Å². The molecule has 2 rings (SSSR count). The predicted octanol–water partition coefficient (Wildman–Crippen LogP) is 9.97. The minimum Gasteiger partial charge on any atom is -0.264 e. The van der Waals surface area contributed by atoms with Crippen LogP contribution in [0.5, 0.6) is 0 Å². The summed E-state index contributed by atoms with van der Waals surface area (Å²) in [4.78, 5) is 4.42. The Morgan fingerprint density at radius 2 is 1.62 bits per heavy atom. The molecule has 0 aliphatic heterocycles. The van der Waals surface area contributed by atoms with Crippen molar-refractivity contribution in [3.8, 4) is 0 Å². The predicted molar refractivity (Wildman–Crippen MR) is 154 cm³/mol. The van der Waals surface area contributed by atoms with Crippen molar-refractivity contribution in [1.82, 2.24) is 0 Å². The molecule has 1 atom stereocenters. The molecular weight excluding hydrogens is 410 g/mol. The third-order valence-corrected chi connectivity index (χ3v) is 6.42. The fourth-order valence-corrected chi connectivity index (χ4v) is 4.43. The number of nitrogens with zero attached hydrogens (tertiary/aromatic N) is 1. The highest BCUT2D eigenvalue weighted by Crippen LogP contribution is 2.32. The smallest absolute Gasteiger partial charge is 0.0661 e. The summed E-state index contributed by atoms with van der Waals surface area (Å²) < 4.78 is 0. The van der Waals surface area contributed by atoms with Gasteiger partial charge >= 0.3 is 0 Å². The Hall–Kier alpha value is -3.19. The first-order valence-electron chi connectivity index (χ1n) is 12.4. The molecule has 0 amide bonds. The van der Waals surface area contributed by atoms with Crippen LogP contribution in [0.3, 0.4) is 0 Å². The van der Waals surface area contributed by atoms with Crippen molar-refractivity contribution in [3.63, 3.8) is 0 Å². The summed E-state index contributed by atoms with van der Waals surface area (Å²) in [6, 6.07) is 15.5. The molecule has 34 heavy (non-hydrogen) atoms. The number of aliphatic imine (C=N–C) groups is 1. The van der Waals surface area contributed by atoms with E-state index in [1.165, 1.54) is 39.0 Å². The highest BCUT2D eigenvalue weighted by Gasteiger charge is 2.14. The van der Waals surface area contributed by atoms with Gasteiger partial charge < -0.3 is 0 Å². The van der Waals surface area contributed by atoms with E-state index < -0.39 is 0 Å². The van der Waals surface area contributed by atoms with E-state index in [2.05, 4.69) is 132 Å². The normalized spacial score (nSPS) is 14.6. The van der Waals surface area contributed by atoms with E-state index in [1.54, 1.807) is 0 Å². The lowest BCUT2D eigenvalue weighted by molar-refractivity contribution is 0.717. The van der Waals surface area contributed by atoms with Gasteiger partial charge in [-0.15, -0.1) is 0 Å².